The summed E-state index contributed by atoms with van der Waals surface area (Å²) in [5.41, 5.74) is 5.72. The van der Waals surface area contributed by atoms with Crippen LogP contribution in [-0.4, -0.2) is 50.2 Å². The minimum absolute atomic E-state index is 1.09. The Hall–Kier alpha value is -1.13. The summed E-state index contributed by atoms with van der Waals surface area (Å²) in [5, 5.41) is 0. The number of likely N-dealkylation sites (N-methyl/N-ethyl adjacent to an activating group) is 1. The molecule has 0 radical (unpaired) electrons. The number of rotatable bonds is 1. The minimum Gasteiger partial charge on any atom is -0.354 e. The summed E-state index contributed by atoms with van der Waals surface area (Å²) in [5.74, 6) is 1.11. The van der Waals surface area contributed by atoms with Gasteiger partial charge < -0.3 is 15.5 Å². The Morgan fingerprint density at radius 2 is 1.75 bits per heavy atom. The van der Waals surface area contributed by atoms with Gasteiger partial charge in [-0.1, -0.05) is 6.07 Å². The molecule has 0 amide bonds. The quantitative estimate of drug-likeness (QED) is 0.760. The Morgan fingerprint density at radius 1 is 1.12 bits per heavy atom. The summed E-state index contributed by atoms with van der Waals surface area (Å²) >= 11 is 0. The molecule has 1 aromatic rings. The van der Waals surface area contributed by atoms with Crippen molar-refractivity contribution in [2.45, 2.75) is 6.92 Å². The Morgan fingerprint density at radius 3 is 2.25 bits per heavy atom. The molecular formula is C12H22N4. The molecule has 0 spiro atoms. The highest BCUT2D eigenvalue weighted by Gasteiger charge is 2.14. The zero-order chi connectivity index (χ0) is 12.0. The van der Waals surface area contributed by atoms with Crippen molar-refractivity contribution < 1.29 is 0 Å². The highest BCUT2D eigenvalue weighted by atomic mass is 15.3. The molecule has 0 aliphatic carbocycles. The van der Waals surface area contributed by atoms with Crippen LogP contribution in [0.3, 0.4) is 0 Å². The molecule has 1 saturated heterocycles. The van der Waals surface area contributed by atoms with Gasteiger partial charge in [0.25, 0.3) is 0 Å². The molecule has 0 atom stereocenters. The van der Waals surface area contributed by atoms with Gasteiger partial charge in [-0.15, -0.1) is 0 Å². The summed E-state index contributed by atoms with van der Waals surface area (Å²) in [6, 6.07) is 4.24. The van der Waals surface area contributed by atoms with E-state index in [1.54, 1.807) is 0 Å². The highest BCUT2D eigenvalue weighted by molar-refractivity contribution is 5.39. The summed E-state index contributed by atoms with van der Waals surface area (Å²) in [7, 11) is 3.67. The van der Waals surface area contributed by atoms with E-state index >= 15 is 0 Å². The monoisotopic (exact) mass is 222 g/mol. The Kier molecular flexibility index (Phi) is 5.22. The number of nitrogens with two attached hydrogens (primary N) is 1. The number of piperazine rings is 1. The topological polar surface area (TPSA) is 45.4 Å². The van der Waals surface area contributed by atoms with Crippen molar-refractivity contribution >= 4 is 5.82 Å². The first kappa shape index (κ1) is 12.9. The molecule has 1 aliphatic rings. The molecule has 16 heavy (non-hydrogen) atoms. The first-order valence-corrected chi connectivity index (χ1v) is 5.69. The number of pyridine rings is 1. The Balaban J connectivity index is 0.000000606. The van der Waals surface area contributed by atoms with E-state index in [2.05, 4.69) is 46.6 Å². The van der Waals surface area contributed by atoms with Crippen molar-refractivity contribution in [3.63, 3.8) is 0 Å². The van der Waals surface area contributed by atoms with E-state index in [4.69, 9.17) is 0 Å². The van der Waals surface area contributed by atoms with Gasteiger partial charge in [-0.2, -0.15) is 0 Å². The largest absolute Gasteiger partial charge is 0.354 e. The molecule has 0 bridgehead atoms. The summed E-state index contributed by atoms with van der Waals surface area (Å²) in [4.78, 5) is 9.13. The molecule has 2 rings (SSSR count). The van der Waals surface area contributed by atoms with Gasteiger partial charge in [-0.25, -0.2) is 4.98 Å². The maximum Gasteiger partial charge on any atom is 0.128 e. The third-order valence-electron chi connectivity index (χ3n) is 2.72. The molecule has 0 saturated carbocycles. The molecule has 2 heterocycles. The average molecular weight is 222 g/mol. The van der Waals surface area contributed by atoms with Gasteiger partial charge in [0.15, 0.2) is 0 Å². The van der Waals surface area contributed by atoms with Crippen molar-refractivity contribution in [3.05, 3.63) is 23.9 Å². The SMILES string of the molecule is CN.Cc1ccc(N2CCN(C)CC2)nc1. The normalized spacial score (nSPS) is 16.6. The Labute approximate surface area is 98.1 Å². The zero-order valence-electron chi connectivity index (χ0n) is 10.5. The number of anilines is 1. The van der Waals surface area contributed by atoms with Crippen molar-refractivity contribution in [2.24, 2.45) is 5.73 Å². The van der Waals surface area contributed by atoms with Crippen LogP contribution in [-0.2, 0) is 0 Å². The van der Waals surface area contributed by atoms with Crippen molar-refractivity contribution in [3.8, 4) is 0 Å². The second kappa shape index (κ2) is 6.45. The van der Waals surface area contributed by atoms with Crippen LogP contribution < -0.4 is 10.6 Å². The predicted octanol–water partition coefficient (Wildman–Crippen LogP) is 0.717. The first-order valence-electron chi connectivity index (χ1n) is 5.69. The van der Waals surface area contributed by atoms with Crippen LogP contribution in [0.25, 0.3) is 0 Å². The van der Waals surface area contributed by atoms with E-state index in [0.29, 0.717) is 0 Å². The van der Waals surface area contributed by atoms with Gasteiger partial charge in [-0.3, -0.25) is 0 Å². The van der Waals surface area contributed by atoms with E-state index in [0.717, 1.165) is 32.0 Å². The number of hydrogen-bond acceptors (Lipinski definition) is 4. The van der Waals surface area contributed by atoms with E-state index in [1.165, 1.54) is 12.6 Å². The zero-order valence-corrected chi connectivity index (χ0v) is 10.5. The average Bonchev–Trinajstić information content (AvgIpc) is 2.34. The van der Waals surface area contributed by atoms with E-state index in [-0.39, 0.29) is 0 Å². The molecule has 0 unspecified atom stereocenters. The first-order chi connectivity index (χ1) is 7.75. The van der Waals surface area contributed by atoms with Crippen LogP contribution in [0, 0.1) is 6.92 Å². The lowest BCUT2D eigenvalue weighted by molar-refractivity contribution is 0.312. The fourth-order valence-electron chi connectivity index (χ4n) is 1.68. The van der Waals surface area contributed by atoms with Gasteiger partial charge in [-0.05, 0) is 32.6 Å². The van der Waals surface area contributed by atoms with Crippen LogP contribution in [0.5, 0.6) is 0 Å². The molecule has 0 aromatic carbocycles. The predicted molar refractivity (Wildman–Crippen MR) is 68.8 cm³/mol. The van der Waals surface area contributed by atoms with Crippen LogP contribution in [0.15, 0.2) is 18.3 Å². The second-order valence-electron chi connectivity index (χ2n) is 3.98. The van der Waals surface area contributed by atoms with Crippen molar-refractivity contribution in [1.29, 1.82) is 0 Å². The summed E-state index contributed by atoms with van der Waals surface area (Å²) in [6.07, 6.45) is 1.94. The fraction of sp³-hybridized carbons (Fsp3) is 0.583. The van der Waals surface area contributed by atoms with Crippen LogP contribution in [0.1, 0.15) is 5.56 Å². The Bertz CT molecular complexity index is 288. The fourth-order valence-corrected chi connectivity index (χ4v) is 1.68. The van der Waals surface area contributed by atoms with E-state index in [1.807, 2.05) is 6.20 Å². The molecule has 1 fully saturated rings. The van der Waals surface area contributed by atoms with Gasteiger partial charge >= 0.3 is 0 Å². The highest BCUT2D eigenvalue weighted by Crippen LogP contribution is 2.12. The van der Waals surface area contributed by atoms with Gasteiger partial charge in [0.2, 0.25) is 0 Å². The molecule has 1 aliphatic heterocycles. The maximum atomic E-state index is 4.50. The van der Waals surface area contributed by atoms with Crippen LogP contribution in [0.2, 0.25) is 0 Å². The molecule has 90 valence electrons. The third-order valence-corrected chi connectivity index (χ3v) is 2.72. The maximum absolute atomic E-state index is 4.50. The van der Waals surface area contributed by atoms with Crippen LogP contribution >= 0.6 is 0 Å². The standard InChI is InChI=1S/C11H17N3.CH5N/c1-10-3-4-11(12-9-10)14-7-5-13(2)6-8-14;1-2/h3-4,9H,5-8H2,1-2H3;2H2,1H3. The molecular weight excluding hydrogens is 200 g/mol. The second-order valence-corrected chi connectivity index (χ2v) is 3.98. The number of hydrogen-bond donors (Lipinski definition) is 1. The lowest BCUT2D eigenvalue weighted by atomic mass is 10.3. The third kappa shape index (κ3) is 3.47. The van der Waals surface area contributed by atoms with Gasteiger partial charge in [0, 0.05) is 32.4 Å². The number of nitrogens with zero attached hydrogens (tertiary/aromatic N) is 3. The molecule has 4 heteroatoms. The van der Waals surface area contributed by atoms with E-state index < -0.39 is 0 Å². The number of aryl methyl sites for hydroxylation is 1. The smallest absolute Gasteiger partial charge is 0.128 e. The van der Waals surface area contributed by atoms with Crippen molar-refractivity contribution in [2.75, 3.05) is 45.2 Å². The summed E-state index contributed by atoms with van der Waals surface area (Å²) < 4.78 is 0. The van der Waals surface area contributed by atoms with Gasteiger partial charge in [0.1, 0.15) is 5.82 Å². The lowest BCUT2D eigenvalue weighted by Crippen LogP contribution is -2.44. The molecule has 1 aromatic heterocycles. The molecule has 2 N–H and O–H groups in total. The van der Waals surface area contributed by atoms with Crippen molar-refractivity contribution in [1.82, 2.24) is 9.88 Å². The van der Waals surface area contributed by atoms with Gasteiger partial charge in [0.05, 0.1) is 0 Å². The molecule has 4 nitrogen and oxygen atoms in total. The van der Waals surface area contributed by atoms with Crippen LogP contribution in [0.4, 0.5) is 5.82 Å². The number of aromatic nitrogens is 1. The summed E-state index contributed by atoms with van der Waals surface area (Å²) in [6.45, 7) is 6.52. The minimum atomic E-state index is 1.09. The lowest BCUT2D eigenvalue weighted by Gasteiger charge is -2.33. The van der Waals surface area contributed by atoms with E-state index in [9.17, 15) is 0 Å².